The fourth-order valence-corrected chi connectivity index (χ4v) is 1.31. The average molecular weight is 250 g/mol. The molecule has 18 heavy (non-hydrogen) atoms. The highest BCUT2D eigenvalue weighted by Crippen LogP contribution is 2.19. The van der Waals surface area contributed by atoms with Crippen LogP contribution in [0.5, 0.6) is 5.75 Å². The number of nitriles is 1. The smallest absolute Gasteiger partial charge is 0.260 e. The number of hydrogen-bond donors (Lipinski definition) is 1. The molecule has 1 N–H and O–H groups in total. The maximum Gasteiger partial charge on any atom is 0.260 e. The van der Waals surface area contributed by atoms with E-state index in [1.165, 1.54) is 19.1 Å². The van der Waals surface area contributed by atoms with E-state index in [1.54, 1.807) is 0 Å². The zero-order valence-electron chi connectivity index (χ0n) is 10.5. The lowest BCUT2D eigenvalue weighted by atomic mass is 10.2. The molecule has 1 aromatic rings. The molecule has 0 saturated heterocycles. The highest BCUT2D eigenvalue weighted by molar-refractivity contribution is 5.80. The molecule has 1 atom stereocenters. The normalized spacial score (nSPS) is 11.8. The lowest BCUT2D eigenvalue weighted by Crippen LogP contribution is -2.40. The zero-order chi connectivity index (χ0) is 13.7. The number of amides is 1. The van der Waals surface area contributed by atoms with Gasteiger partial charge in [-0.2, -0.15) is 5.26 Å². The zero-order valence-corrected chi connectivity index (χ0v) is 10.5. The maximum absolute atomic E-state index is 13.5. The summed E-state index contributed by atoms with van der Waals surface area (Å²) < 4.78 is 18.7. The molecular formula is C13H15FN2O2. The summed E-state index contributed by atoms with van der Waals surface area (Å²) in [4.78, 5) is 11.6. The van der Waals surface area contributed by atoms with Crippen molar-refractivity contribution >= 4 is 5.91 Å². The van der Waals surface area contributed by atoms with Gasteiger partial charge in [0.1, 0.15) is 0 Å². The summed E-state index contributed by atoms with van der Waals surface area (Å²) in [6.45, 7) is 5.19. The highest BCUT2D eigenvalue weighted by Gasteiger charge is 2.17. The van der Waals surface area contributed by atoms with E-state index in [0.29, 0.717) is 0 Å². The Morgan fingerprint density at radius 3 is 2.61 bits per heavy atom. The number of rotatable bonds is 4. The molecule has 0 radical (unpaired) electrons. The SMILES string of the molecule is CC(C)NC(=O)C(C)Oc1ccc(C#N)cc1F. The second-order valence-electron chi connectivity index (χ2n) is 4.18. The van der Waals surface area contributed by atoms with Crippen LogP contribution < -0.4 is 10.1 Å². The van der Waals surface area contributed by atoms with Gasteiger partial charge in [0.2, 0.25) is 0 Å². The molecule has 1 unspecified atom stereocenters. The van der Waals surface area contributed by atoms with Gasteiger partial charge in [-0.1, -0.05) is 0 Å². The Bertz CT molecular complexity index is 480. The van der Waals surface area contributed by atoms with Crippen molar-refractivity contribution in [3.63, 3.8) is 0 Å². The van der Waals surface area contributed by atoms with E-state index >= 15 is 0 Å². The second-order valence-corrected chi connectivity index (χ2v) is 4.18. The number of benzene rings is 1. The van der Waals surface area contributed by atoms with Gasteiger partial charge in [-0.3, -0.25) is 4.79 Å². The molecule has 0 spiro atoms. The number of carbonyl (C=O) groups excluding carboxylic acids is 1. The van der Waals surface area contributed by atoms with Gasteiger partial charge < -0.3 is 10.1 Å². The number of carbonyl (C=O) groups is 1. The van der Waals surface area contributed by atoms with Crippen molar-refractivity contribution in [1.82, 2.24) is 5.32 Å². The average Bonchev–Trinajstić information content (AvgIpc) is 2.30. The molecule has 0 fully saturated rings. The molecule has 0 heterocycles. The first-order valence-electron chi connectivity index (χ1n) is 5.60. The summed E-state index contributed by atoms with van der Waals surface area (Å²) in [5, 5.41) is 11.3. The van der Waals surface area contributed by atoms with E-state index in [0.717, 1.165) is 6.07 Å². The van der Waals surface area contributed by atoms with E-state index in [2.05, 4.69) is 5.32 Å². The van der Waals surface area contributed by atoms with Gasteiger partial charge in [-0.05, 0) is 39.0 Å². The highest BCUT2D eigenvalue weighted by atomic mass is 19.1. The summed E-state index contributed by atoms with van der Waals surface area (Å²) >= 11 is 0. The standard InChI is InChI=1S/C13H15FN2O2/c1-8(2)16-13(17)9(3)18-12-5-4-10(7-15)6-11(12)14/h4-6,8-9H,1-3H3,(H,16,17). The van der Waals surface area contributed by atoms with E-state index in [9.17, 15) is 9.18 Å². The number of halogens is 1. The first kappa shape index (κ1) is 14.0. The van der Waals surface area contributed by atoms with Crippen molar-refractivity contribution in [1.29, 1.82) is 5.26 Å². The molecule has 0 saturated carbocycles. The van der Waals surface area contributed by atoms with Crippen molar-refractivity contribution in [2.75, 3.05) is 0 Å². The molecule has 5 heteroatoms. The van der Waals surface area contributed by atoms with Crippen molar-refractivity contribution < 1.29 is 13.9 Å². The Balaban J connectivity index is 2.73. The first-order valence-corrected chi connectivity index (χ1v) is 5.60. The lowest BCUT2D eigenvalue weighted by Gasteiger charge is -2.16. The first-order chi connectivity index (χ1) is 8.43. The van der Waals surface area contributed by atoms with Crippen molar-refractivity contribution in [3.8, 4) is 11.8 Å². The fourth-order valence-electron chi connectivity index (χ4n) is 1.31. The number of hydrogen-bond acceptors (Lipinski definition) is 3. The molecule has 1 amide bonds. The molecule has 96 valence electrons. The van der Waals surface area contributed by atoms with Gasteiger partial charge in [0.15, 0.2) is 17.7 Å². The van der Waals surface area contributed by atoms with Crippen molar-refractivity contribution in [2.45, 2.75) is 32.9 Å². The minimum absolute atomic E-state index is 0.00522. The molecule has 0 aliphatic rings. The van der Waals surface area contributed by atoms with Crippen LogP contribution in [-0.4, -0.2) is 18.1 Å². The Kier molecular flexibility index (Phi) is 4.67. The Labute approximate surface area is 105 Å². The summed E-state index contributed by atoms with van der Waals surface area (Å²) in [6, 6.07) is 5.67. The quantitative estimate of drug-likeness (QED) is 0.888. The maximum atomic E-state index is 13.5. The molecule has 1 aromatic carbocycles. The monoisotopic (exact) mass is 250 g/mol. The lowest BCUT2D eigenvalue weighted by molar-refractivity contribution is -0.127. The fraction of sp³-hybridized carbons (Fsp3) is 0.385. The predicted octanol–water partition coefficient (Wildman–Crippen LogP) is 1.99. The van der Waals surface area contributed by atoms with Crippen LogP contribution in [0.15, 0.2) is 18.2 Å². The topological polar surface area (TPSA) is 62.1 Å². The third-order valence-corrected chi connectivity index (χ3v) is 2.16. The van der Waals surface area contributed by atoms with Gasteiger partial charge in [-0.15, -0.1) is 0 Å². The molecular weight excluding hydrogens is 235 g/mol. The van der Waals surface area contributed by atoms with Gasteiger partial charge in [0.25, 0.3) is 5.91 Å². The van der Waals surface area contributed by atoms with Crippen LogP contribution in [-0.2, 0) is 4.79 Å². The van der Waals surface area contributed by atoms with Gasteiger partial charge >= 0.3 is 0 Å². The van der Waals surface area contributed by atoms with Crippen LogP contribution in [0.3, 0.4) is 0 Å². The summed E-state index contributed by atoms with van der Waals surface area (Å²) in [5.74, 6) is -1.01. The predicted molar refractivity (Wildman–Crippen MR) is 64.5 cm³/mol. The molecule has 0 aliphatic heterocycles. The third-order valence-electron chi connectivity index (χ3n) is 2.16. The minimum atomic E-state index is -0.796. The van der Waals surface area contributed by atoms with Crippen molar-refractivity contribution in [3.05, 3.63) is 29.6 Å². The van der Waals surface area contributed by atoms with Crippen LogP contribution in [0.1, 0.15) is 26.3 Å². The minimum Gasteiger partial charge on any atom is -0.478 e. The number of nitrogens with zero attached hydrogens (tertiary/aromatic N) is 1. The molecule has 0 aliphatic carbocycles. The number of ether oxygens (including phenoxy) is 1. The van der Waals surface area contributed by atoms with E-state index < -0.39 is 11.9 Å². The summed E-state index contributed by atoms with van der Waals surface area (Å²) in [5.41, 5.74) is 0.208. The largest absolute Gasteiger partial charge is 0.478 e. The van der Waals surface area contributed by atoms with E-state index in [4.69, 9.17) is 10.00 Å². The second kappa shape index (κ2) is 6.01. The van der Waals surface area contributed by atoms with E-state index in [1.807, 2.05) is 19.9 Å². The van der Waals surface area contributed by atoms with Crippen LogP contribution in [0.2, 0.25) is 0 Å². The van der Waals surface area contributed by atoms with Crippen LogP contribution in [0, 0.1) is 17.1 Å². The Hall–Kier alpha value is -2.09. The molecule has 4 nitrogen and oxygen atoms in total. The van der Waals surface area contributed by atoms with Crippen LogP contribution in [0.4, 0.5) is 4.39 Å². The van der Waals surface area contributed by atoms with Gasteiger partial charge in [0, 0.05) is 6.04 Å². The molecule has 1 rings (SSSR count). The third kappa shape index (κ3) is 3.74. The summed E-state index contributed by atoms with van der Waals surface area (Å²) in [6.07, 6.45) is -0.796. The Morgan fingerprint density at radius 1 is 1.44 bits per heavy atom. The molecule has 0 aromatic heterocycles. The van der Waals surface area contributed by atoms with Gasteiger partial charge in [-0.25, -0.2) is 4.39 Å². The van der Waals surface area contributed by atoms with Crippen LogP contribution in [0.25, 0.3) is 0 Å². The number of nitrogens with one attached hydrogen (secondary N) is 1. The molecule has 0 bridgehead atoms. The summed E-state index contributed by atoms with van der Waals surface area (Å²) in [7, 11) is 0. The van der Waals surface area contributed by atoms with Gasteiger partial charge in [0.05, 0.1) is 11.6 Å². The Morgan fingerprint density at radius 2 is 2.11 bits per heavy atom. The van der Waals surface area contributed by atoms with Crippen LogP contribution >= 0.6 is 0 Å². The van der Waals surface area contributed by atoms with E-state index in [-0.39, 0.29) is 23.3 Å². The van der Waals surface area contributed by atoms with Crippen molar-refractivity contribution in [2.24, 2.45) is 0 Å².